The van der Waals surface area contributed by atoms with E-state index in [1.54, 1.807) is 0 Å². The average molecular weight is 212 g/mol. The maximum absolute atomic E-state index is 5.81. The van der Waals surface area contributed by atoms with Crippen LogP contribution in [-0.4, -0.2) is 0 Å². The molecule has 1 fully saturated rings. The molecule has 0 heterocycles. The molecule has 0 radical (unpaired) electrons. The summed E-state index contributed by atoms with van der Waals surface area (Å²) in [6, 6.07) is 6.09. The van der Waals surface area contributed by atoms with Gasteiger partial charge in [0, 0.05) is 10.2 Å². The lowest BCUT2D eigenvalue weighted by Gasteiger charge is -2.02. The topological polar surface area (TPSA) is 26.0 Å². The number of hydrogen-bond acceptors (Lipinski definition) is 1. The van der Waals surface area contributed by atoms with E-state index < -0.39 is 0 Å². The molecule has 2 heteroatoms. The Kier molecular flexibility index (Phi) is 1.64. The smallest absolute Gasteiger partial charge is 0.0350 e. The van der Waals surface area contributed by atoms with Gasteiger partial charge in [0.15, 0.2) is 0 Å². The predicted molar refractivity (Wildman–Crippen MR) is 50.5 cm³/mol. The molecule has 0 saturated heterocycles. The molecule has 0 bridgehead atoms. The van der Waals surface area contributed by atoms with E-state index in [1.165, 1.54) is 18.4 Å². The van der Waals surface area contributed by atoms with Gasteiger partial charge in [-0.05, 0) is 42.5 Å². The summed E-state index contributed by atoms with van der Waals surface area (Å²) in [4.78, 5) is 0. The number of benzene rings is 1. The van der Waals surface area contributed by atoms with Crippen molar-refractivity contribution in [3.05, 3.63) is 28.2 Å². The third-order valence-corrected chi connectivity index (χ3v) is 2.56. The van der Waals surface area contributed by atoms with Crippen LogP contribution in [0.1, 0.15) is 24.3 Å². The third-order valence-electron chi connectivity index (χ3n) is 2.07. The molecule has 0 unspecified atom stereocenters. The van der Waals surface area contributed by atoms with Crippen LogP contribution >= 0.6 is 15.9 Å². The first-order valence-corrected chi connectivity index (χ1v) is 4.61. The molecule has 58 valence electrons. The number of hydrogen-bond donors (Lipinski definition) is 1. The summed E-state index contributed by atoms with van der Waals surface area (Å²) in [5.41, 5.74) is 8.07. The fourth-order valence-electron chi connectivity index (χ4n) is 1.29. The first-order valence-electron chi connectivity index (χ1n) is 3.82. The molecule has 0 atom stereocenters. The summed E-state index contributed by atoms with van der Waals surface area (Å²) >= 11 is 3.44. The molecule has 0 amide bonds. The average Bonchev–Trinajstić information content (AvgIpc) is 2.76. The molecule has 1 aliphatic carbocycles. The van der Waals surface area contributed by atoms with Crippen molar-refractivity contribution >= 4 is 21.6 Å². The monoisotopic (exact) mass is 211 g/mol. The number of halogens is 1. The molecule has 1 aliphatic rings. The van der Waals surface area contributed by atoms with Crippen LogP contribution < -0.4 is 5.73 Å². The fraction of sp³-hybridized carbons (Fsp3) is 0.333. The summed E-state index contributed by atoms with van der Waals surface area (Å²) < 4.78 is 1.13. The fourth-order valence-corrected chi connectivity index (χ4v) is 1.67. The van der Waals surface area contributed by atoms with Crippen molar-refractivity contribution in [2.24, 2.45) is 0 Å². The second-order valence-corrected chi connectivity index (χ2v) is 3.96. The second kappa shape index (κ2) is 2.52. The van der Waals surface area contributed by atoms with Gasteiger partial charge < -0.3 is 5.73 Å². The van der Waals surface area contributed by atoms with Crippen molar-refractivity contribution in [2.75, 3.05) is 5.73 Å². The van der Waals surface area contributed by atoms with Crippen LogP contribution in [-0.2, 0) is 0 Å². The van der Waals surface area contributed by atoms with Crippen molar-refractivity contribution in [1.82, 2.24) is 0 Å². The Morgan fingerprint density at radius 3 is 2.73 bits per heavy atom. The van der Waals surface area contributed by atoms with Crippen LogP contribution in [0.5, 0.6) is 0 Å². The van der Waals surface area contributed by atoms with E-state index in [4.69, 9.17) is 5.73 Å². The predicted octanol–water partition coefficient (Wildman–Crippen LogP) is 2.91. The molecule has 0 aliphatic heterocycles. The van der Waals surface area contributed by atoms with E-state index in [2.05, 4.69) is 22.0 Å². The summed E-state index contributed by atoms with van der Waals surface area (Å²) in [5, 5.41) is 0. The summed E-state index contributed by atoms with van der Waals surface area (Å²) in [7, 11) is 0. The van der Waals surface area contributed by atoms with E-state index >= 15 is 0 Å². The Hall–Kier alpha value is -0.500. The van der Waals surface area contributed by atoms with Crippen LogP contribution in [0.4, 0.5) is 5.69 Å². The Labute approximate surface area is 74.7 Å². The molecule has 2 rings (SSSR count). The molecule has 0 spiro atoms. The highest BCUT2D eigenvalue weighted by atomic mass is 79.9. The first kappa shape index (κ1) is 7.17. The van der Waals surface area contributed by atoms with Gasteiger partial charge in [-0.25, -0.2) is 0 Å². The molecular formula is C9H10BrN. The van der Waals surface area contributed by atoms with Crippen molar-refractivity contribution in [2.45, 2.75) is 18.8 Å². The molecular weight excluding hydrogens is 202 g/mol. The maximum atomic E-state index is 5.81. The van der Waals surface area contributed by atoms with Gasteiger partial charge in [-0.1, -0.05) is 15.9 Å². The van der Waals surface area contributed by atoms with Crippen LogP contribution in [0.3, 0.4) is 0 Å². The summed E-state index contributed by atoms with van der Waals surface area (Å²) in [5.74, 6) is 0.743. The Bertz CT molecular complexity index is 279. The Morgan fingerprint density at radius 1 is 1.36 bits per heavy atom. The first-order chi connectivity index (χ1) is 5.27. The van der Waals surface area contributed by atoms with Gasteiger partial charge in [-0.15, -0.1) is 0 Å². The number of rotatable bonds is 1. The zero-order valence-electron chi connectivity index (χ0n) is 6.18. The maximum Gasteiger partial charge on any atom is 0.0350 e. The van der Waals surface area contributed by atoms with E-state index in [0.717, 1.165) is 16.1 Å². The molecule has 0 aromatic heterocycles. The highest BCUT2D eigenvalue weighted by molar-refractivity contribution is 9.10. The molecule has 1 nitrogen and oxygen atoms in total. The van der Waals surface area contributed by atoms with Crippen molar-refractivity contribution < 1.29 is 0 Å². The standard InChI is InChI=1S/C9H10BrN/c10-7-3-4-9(11)8(5-7)6-1-2-6/h3-6H,1-2,11H2. The normalized spacial score (nSPS) is 16.8. The molecule has 11 heavy (non-hydrogen) atoms. The summed E-state index contributed by atoms with van der Waals surface area (Å²) in [6.45, 7) is 0. The van der Waals surface area contributed by atoms with Gasteiger partial charge in [-0.3, -0.25) is 0 Å². The minimum absolute atomic E-state index is 0.743. The molecule has 1 aromatic carbocycles. The van der Waals surface area contributed by atoms with Gasteiger partial charge in [0.1, 0.15) is 0 Å². The van der Waals surface area contributed by atoms with Gasteiger partial charge in [0.2, 0.25) is 0 Å². The number of nitrogens with two attached hydrogens (primary N) is 1. The van der Waals surface area contributed by atoms with Gasteiger partial charge >= 0.3 is 0 Å². The lowest BCUT2D eigenvalue weighted by molar-refractivity contribution is 1.13. The Morgan fingerprint density at radius 2 is 2.09 bits per heavy atom. The SMILES string of the molecule is Nc1ccc(Br)cc1C1CC1. The van der Waals surface area contributed by atoms with Crippen molar-refractivity contribution in [3.8, 4) is 0 Å². The van der Waals surface area contributed by atoms with Crippen LogP contribution in [0.15, 0.2) is 22.7 Å². The van der Waals surface area contributed by atoms with Gasteiger partial charge in [-0.2, -0.15) is 0 Å². The highest BCUT2D eigenvalue weighted by Gasteiger charge is 2.25. The van der Waals surface area contributed by atoms with E-state index in [9.17, 15) is 0 Å². The number of anilines is 1. The zero-order chi connectivity index (χ0) is 7.84. The number of nitrogen functional groups attached to an aromatic ring is 1. The zero-order valence-corrected chi connectivity index (χ0v) is 7.76. The lowest BCUT2D eigenvalue weighted by atomic mass is 10.1. The van der Waals surface area contributed by atoms with Crippen molar-refractivity contribution in [3.63, 3.8) is 0 Å². The highest BCUT2D eigenvalue weighted by Crippen LogP contribution is 2.43. The molecule has 1 saturated carbocycles. The minimum Gasteiger partial charge on any atom is -0.398 e. The third kappa shape index (κ3) is 1.41. The van der Waals surface area contributed by atoms with Crippen molar-refractivity contribution in [1.29, 1.82) is 0 Å². The minimum atomic E-state index is 0.743. The van der Waals surface area contributed by atoms with Crippen LogP contribution in [0.25, 0.3) is 0 Å². The van der Waals surface area contributed by atoms with Crippen LogP contribution in [0.2, 0.25) is 0 Å². The van der Waals surface area contributed by atoms with Gasteiger partial charge in [0.05, 0.1) is 0 Å². The van der Waals surface area contributed by atoms with E-state index in [1.807, 2.05) is 12.1 Å². The quantitative estimate of drug-likeness (QED) is 0.711. The Balaban J connectivity index is 2.42. The second-order valence-electron chi connectivity index (χ2n) is 3.05. The largest absolute Gasteiger partial charge is 0.398 e. The van der Waals surface area contributed by atoms with Crippen LogP contribution in [0, 0.1) is 0 Å². The van der Waals surface area contributed by atoms with E-state index in [-0.39, 0.29) is 0 Å². The van der Waals surface area contributed by atoms with Gasteiger partial charge in [0.25, 0.3) is 0 Å². The molecule has 1 aromatic rings. The van der Waals surface area contributed by atoms with E-state index in [0.29, 0.717) is 0 Å². The molecule has 2 N–H and O–H groups in total. The summed E-state index contributed by atoms with van der Waals surface area (Å²) in [6.07, 6.45) is 2.61. The lowest BCUT2D eigenvalue weighted by Crippen LogP contribution is -1.91.